The highest BCUT2D eigenvalue weighted by atomic mass is 16.5. The van der Waals surface area contributed by atoms with E-state index in [1.807, 2.05) is 13.1 Å². The maximum absolute atomic E-state index is 5.30. The van der Waals surface area contributed by atoms with Crippen LogP contribution in [0.3, 0.4) is 0 Å². The van der Waals surface area contributed by atoms with Gasteiger partial charge in [0.05, 0.1) is 7.11 Å². The van der Waals surface area contributed by atoms with E-state index in [4.69, 9.17) is 4.74 Å². The van der Waals surface area contributed by atoms with Crippen molar-refractivity contribution in [2.24, 2.45) is 0 Å². The van der Waals surface area contributed by atoms with Gasteiger partial charge in [0.25, 0.3) is 0 Å². The third kappa shape index (κ3) is 4.20. The molecule has 0 spiro atoms. The highest BCUT2D eigenvalue weighted by Gasteiger charge is 2.14. The smallest absolute Gasteiger partial charge is 0.119 e. The quantitative estimate of drug-likeness (QED) is 0.810. The maximum Gasteiger partial charge on any atom is 0.119 e. The normalized spacial score (nSPS) is 18.2. The minimum Gasteiger partial charge on any atom is -0.497 e. The second kappa shape index (κ2) is 7.48. The van der Waals surface area contributed by atoms with Crippen LogP contribution in [0.5, 0.6) is 5.75 Å². The molecule has 0 radical (unpaired) electrons. The molecule has 0 amide bonds. The van der Waals surface area contributed by atoms with Crippen LogP contribution in [-0.4, -0.2) is 51.8 Å². The summed E-state index contributed by atoms with van der Waals surface area (Å²) in [5, 5.41) is 6.80. The van der Waals surface area contributed by atoms with Crippen molar-refractivity contribution in [2.45, 2.75) is 12.5 Å². The number of nitrogens with one attached hydrogen (secondary N) is 2. The summed E-state index contributed by atoms with van der Waals surface area (Å²) in [6.07, 6.45) is 1.13. The van der Waals surface area contributed by atoms with Crippen LogP contribution in [0.25, 0.3) is 0 Å². The van der Waals surface area contributed by atoms with Crippen LogP contribution in [0.4, 0.5) is 0 Å². The van der Waals surface area contributed by atoms with Gasteiger partial charge in [-0.05, 0) is 31.2 Å². The number of hydrogen-bond acceptors (Lipinski definition) is 4. The first kappa shape index (κ1) is 14.3. The molecule has 1 unspecified atom stereocenters. The van der Waals surface area contributed by atoms with Gasteiger partial charge >= 0.3 is 0 Å². The van der Waals surface area contributed by atoms with Crippen molar-refractivity contribution in [3.8, 4) is 5.75 Å². The average Bonchev–Trinajstić information content (AvgIpc) is 2.49. The van der Waals surface area contributed by atoms with Crippen molar-refractivity contribution in [3.05, 3.63) is 29.8 Å². The molecule has 1 aliphatic heterocycles. The van der Waals surface area contributed by atoms with E-state index in [-0.39, 0.29) is 0 Å². The standard InChI is InChI=1S/C15H25N3O/c1-16-15(6-9-18-10-7-17-8-11-18)13-4-3-5-14(12-13)19-2/h3-5,12,15-17H,6-11H2,1-2H3. The summed E-state index contributed by atoms with van der Waals surface area (Å²) in [7, 11) is 3.75. The Labute approximate surface area is 116 Å². The van der Waals surface area contributed by atoms with E-state index in [2.05, 4.69) is 33.7 Å². The first-order valence-electron chi connectivity index (χ1n) is 7.08. The Morgan fingerprint density at radius 3 is 2.84 bits per heavy atom. The molecule has 1 aromatic carbocycles. The minimum atomic E-state index is 0.394. The molecule has 0 bridgehead atoms. The van der Waals surface area contributed by atoms with Gasteiger partial charge < -0.3 is 20.3 Å². The van der Waals surface area contributed by atoms with Gasteiger partial charge in [-0.1, -0.05) is 12.1 Å². The third-order valence-electron chi connectivity index (χ3n) is 3.79. The van der Waals surface area contributed by atoms with Gasteiger partial charge in [0, 0.05) is 38.8 Å². The topological polar surface area (TPSA) is 36.5 Å². The molecule has 1 fully saturated rings. The van der Waals surface area contributed by atoms with Crippen LogP contribution >= 0.6 is 0 Å². The van der Waals surface area contributed by atoms with E-state index in [1.54, 1.807) is 7.11 Å². The fraction of sp³-hybridized carbons (Fsp3) is 0.600. The summed E-state index contributed by atoms with van der Waals surface area (Å²) in [5.41, 5.74) is 1.30. The van der Waals surface area contributed by atoms with Crippen LogP contribution < -0.4 is 15.4 Å². The molecule has 1 saturated heterocycles. The Kier molecular flexibility index (Phi) is 5.63. The highest BCUT2D eigenvalue weighted by Crippen LogP contribution is 2.21. The molecule has 1 aromatic rings. The zero-order chi connectivity index (χ0) is 13.5. The molecular formula is C15H25N3O. The van der Waals surface area contributed by atoms with Crippen molar-refractivity contribution < 1.29 is 4.74 Å². The number of methoxy groups -OCH3 is 1. The maximum atomic E-state index is 5.30. The zero-order valence-electron chi connectivity index (χ0n) is 12.0. The van der Waals surface area contributed by atoms with Crippen LogP contribution in [0.15, 0.2) is 24.3 Å². The van der Waals surface area contributed by atoms with Gasteiger partial charge in [-0.3, -0.25) is 0 Å². The van der Waals surface area contributed by atoms with Crippen molar-refractivity contribution in [1.29, 1.82) is 0 Å². The number of rotatable bonds is 6. The third-order valence-corrected chi connectivity index (χ3v) is 3.79. The molecule has 2 rings (SSSR count). The summed E-state index contributed by atoms with van der Waals surface area (Å²) in [6.45, 7) is 5.69. The number of piperazine rings is 1. The zero-order valence-corrected chi connectivity index (χ0v) is 12.0. The predicted octanol–water partition coefficient (Wildman–Crippen LogP) is 1.25. The molecule has 1 heterocycles. The summed E-state index contributed by atoms with van der Waals surface area (Å²) >= 11 is 0. The second-order valence-electron chi connectivity index (χ2n) is 5.00. The van der Waals surface area contributed by atoms with Gasteiger partial charge in [-0.15, -0.1) is 0 Å². The summed E-state index contributed by atoms with van der Waals surface area (Å²) in [6, 6.07) is 8.74. The highest BCUT2D eigenvalue weighted by molar-refractivity contribution is 5.30. The van der Waals surface area contributed by atoms with Crippen molar-refractivity contribution in [1.82, 2.24) is 15.5 Å². The Balaban J connectivity index is 1.91. The number of benzene rings is 1. The van der Waals surface area contributed by atoms with Crippen LogP contribution in [-0.2, 0) is 0 Å². The Morgan fingerprint density at radius 2 is 2.16 bits per heavy atom. The van der Waals surface area contributed by atoms with Crippen LogP contribution in [0.1, 0.15) is 18.0 Å². The Bertz CT molecular complexity index is 377. The number of hydrogen-bond donors (Lipinski definition) is 2. The molecule has 4 heteroatoms. The molecule has 1 atom stereocenters. The van der Waals surface area contributed by atoms with E-state index >= 15 is 0 Å². The SMILES string of the molecule is CNC(CCN1CCNCC1)c1cccc(OC)c1. The van der Waals surface area contributed by atoms with E-state index in [1.165, 1.54) is 5.56 Å². The van der Waals surface area contributed by atoms with E-state index in [0.717, 1.165) is 44.9 Å². The average molecular weight is 263 g/mol. The monoisotopic (exact) mass is 263 g/mol. The van der Waals surface area contributed by atoms with E-state index in [9.17, 15) is 0 Å². The summed E-state index contributed by atoms with van der Waals surface area (Å²) in [4.78, 5) is 2.53. The Hall–Kier alpha value is -1.10. The molecule has 19 heavy (non-hydrogen) atoms. The largest absolute Gasteiger partial charge is 0.497 e. The molecule has 0 aromatic heterocycles. The Morgan fingerprint density at radius 1 is 1.37 bits per heavy atom. The van der Waals surface area contributed by atoms with Crippen molar-refractivity contribution in [2.75, 3.05) is 46.9 Å². The summed E-state index contributed by atoms with van der Waals surface area (Å²) < 4.78 is 5.30. The molecule has 4 nitrogen and oxygen atoms in total. The van der Waals surface area contributed by atoms with Gasteiger partial charge in [-0.25, -0.2) is 0 Å². The van der Waals surface area contributed by atoms with Crippen LogP contribution in [0.2, 0.25) is 0 Å². The predicted molar refractivity (Wildman–Crippen MR) is 78.7 cm³/mol. The fourth-order valence-electron chi connectivity index (χ4n) is 2.58. The molecule has 0 saturated carbocycles. The lowest BCUT2D eigenvalue weighted by atomic mass is 10.0. The van der Waals surface area contributed by atoms with E-state index < -0.39 is 0 Å². The lowest BCUT2D eigenvalue weighted by Crippen LogP contribution is -2.44. The lowest BCUT2D eigenvalue weighted by Gasteiger charge is -2.29. The van der Waals surface area contributed by atoms with E-state index in [0.29, 0.717) is 6.04 Å². The van der Waals surface area contributed by atoms with Gasteiger partial charge in [0.2, 0.25) is 0 Å². The van der Waals surface area contributed by atoms with Gasteiger partial charge in [0.15, 0.2) is 0 Å². The number of ether oxygens (including phenoxy) is 1. The summed E-state index contributed by atoms with van der Waals surface area (Å²) in [5.74, 6) is 0.930. The second-order valence-corrected chi connectivity index (χ2v) is 5.00. The first-order valence-corrected chi connectivity index (χ1v) is 7.08. The minimum absolute atomic E-state index is 0.394. The molecule has 106 valence electrons. The lowest BCUT2D eigenvalue weighted by molar-refractivity contribution is 0.229. The van der Waals surface area contributed by atoms with Gasteiger partial charge in [0.1, 0.15) is 5.75 Å². The van der Waals surface area contributed by atoms with Crippen molar-refractivity contribution >= 4 is 0 Å². The van der Waals surface area contributed by atoms with Crippen molar-refractivity contribution in [3.63, 3.8) is 0 Å². The molecule has 0 aliphatic carbocycles. The molecular weight excluding hydrogens is 238 g/mol. The molecule has 1 aliphatic rings. The van der Waals surface area contributed by atoms with Crippen LogP contribution in [0, 0.1) is 0 Å². The first-order chi connectivity index (χ1) is 9.33. The van der Waals surface area contributed by atoms with Gasteiger partial charge in [-0.2, -0.15) is 0 Å². The molecule has 2 N–H and O–H groups in total. The number of nitrogens with zero attached hydrogens (tertiary/aromatic N) is 1. The fourth-order valence-corrected chi connectivity index (χ4v) is 2.58.